The highest BCUT2D eigenvalue weighted by Gasteiger charge is 2.25. The van der Waals surface area contributed by atoms with Crippen molar-refractivity contribution in [3.8, 4) is 0 Å². The van der Waals surface area contributed by atoms with Crippen molar-refractivity contribution < 1.29 is 4.79 Å². The van der Waals surface area contributed by atoms with E-state index in [9.17, 15) is 4.79 Å². The topological polar surface area (TPSA) is 32.3 Å². The number of rotatable bonds is 4. The molecule has 1 amide bonds. The third kappa shape index (κ3) is 2.84. The molecule has 104 valence electrons. The van der Waals surface area contributed by atoms with Gasteiger partial charge in [-0.05, 0) is 49.6 Å². The van der Waals surface area contributed by atoms with Gasteiger partial charge < -0.3 is 10.2 Å². The molecule has 1 N–H and O–H groups in total. The fourth-order valence-corrected chi connectivity index (χ4v) is 4.27. The van der Waals surface area contributed by atoms with Gasteiger partial charge in [0.05, 0.1) is 0 Å². The van der Waals surface area contributed by atoms with Crippen molar-refractivity contribution in [3.63, 3.8) is 0 Å². The number of amides is 1. The predicted molar refractivity (Wildman–Crippen MR) is 78.4 cm³/mol. The van der Waals surface area contributed by atoms with Gasteiger partial charge in [-0.3, -0.25) is 4.79 Å². The largest absolute Gasteiger partial charge is 0.341 e. The number of thiophene rings is 1. The molecule has 1 aliphatic carbocycles. The molecule has 1 aliphatic heterocycles. The van der Waals surface area contributed by atoms with Crippen LogP contribution in [-0.2, 0) is 11.2 Å². The number of nitrogens with zero attached hydrogens (tertiary/aromatic N) is 1. The molecule has 1 aromatic heterocycles. The standard InChI is InChI=1S/C15H22N2OS/c1-11(10-17-8-3-6-15(17)18)16-13-4-2-5-14-12(13)7-9-19-14/h7,9,11,13,16H,2-6,8,10H2,1H3. The Labute approximate surface area is 119 Å². The second-order valence-electron chi connectivity index (χ2n) is 5.75. The van der Waals surface area contributed by atoms with E-state index in [1.54, 1.807) is 4.88 Å². The van der Waals surface area contributed by atoms with Gasteiger partial charge in [0.2, 0.25) is 5.91 Å². The van der Waals surface area contributed by atoms with Crippen molar-refractivity contribution in [2.75, 3.05) is 13.1 Å². The normalized spacial score (nSPS) is 24.6. The number of hydrogen-bond acceptors (Lipinski definition) is 3. The fraction of sp³-hybridized carbons (Fsp3) is 0.667. The number of nitrogens with one attached hydrogen (secondary N) is 1. The van der Waals surface area contributed by atoms with Gasteiger partial charge in [-0.1, -0.05) is 0 Å². The van der Waals surface area contributed by atoms with E-state index in [1.165, 1.54) is 24.8 Å². The lowest BCUT2D eigenvalue weighted by atomic mass is 9.93. The summed E-state index contributed by atoms with van der Waals surface area (Å²) in [5.74, 6) is 0.327. The number of aryl methyl sites for hydroxylation is 1. The number of hydrogen-bond donors (Lipinski definition) is 1. The first-order chi connectivity index (χ1) is 9.24. The molecule has 0 radical (unpaired) electrons. The van der Waals surface area contributed by atoms with Crippen LogP contribution in [0.4, 0.5) is 0 Å². The van der Waals surface area contributed by atoms with Crippen molar-refractivity contribution in [2.45, 2.75) is 51.1 Å². The lowest BCUT2D eigenvalue weighted by Gasteiger charge is -2.29. The third-order valence-corrected chi connectivity index (χ3v) is 5.20. The number of fused-ring (bicyclic) bond motifs is 1. The summed E-state index contributed by atoms with van der Waals surface area (Å²) in [7, 11) is 0. The Morgan fingerprint density at radius 2 is 2.37 bits per heavy atom. The molecule has 3 rings (SSSR count). The summed E-state index contributed by atoms with van der Waals surface area (Å²) >= 11 is 1.88. The van der Waals surface area contributed by atoms with Gasteiger partial charge in [-0.2, -0.15) is 0 Å². The van der Waals surface area contributed by atoms with Gasteiger partial charge in [0.1, 0.15) is 0 Å². The van der Waals surface area contributed by atoms with Crippen LogP contribution in [0.15, 0.2) is 11.4 Å². The van der Waals surface area contributed by atoms with Gasteiger partial charge >= 0.3 is 0 Å². The van der Waals surface area contributed by atoms with Gasteiger partial charge in [-0.25, -0.2) is 0 Å². The molecule has 1 saturated heterocycles. The van der Waals surface area contributed by atoms with Gasteiger partial charge in [-0.15, -0.1) is 11.3 Å². The van der Waals surface area contributed by atoms with Gasteiger partial charge in [0, 0.05) is 36.5 Å². The molecule has 0 saturated carbocycles. The summed E-state index contributed by atoms with van der Waals surface area (Å²) in [5.41, 5.74) is 1.50. The first kappa shape index (κ1) is 13.1. The minimum absolute atomic E-state index is 0.327. The van der Waals surface area contributed by atoms with E-state index < -0.39 is 0 Å². The van der Waals surface area contributed by atoms with Crippen LogP contribution in [0.25, 0.3) is 0 Å². The van der Waals surface area contributed by atoms with Gasteiger partial charge in [0.15, 0.2) is 0 Å². The van der Waals surface area contributed by atoms with Crippen molar-refractivity contribution in [2.24, 2.45) is 0 Å². The van der Waals surface area contributed by atoms with Crippen molar-refractivity contribution in [1.82, 2.24) is 10.2 Å². The summed E-state index contributed by atoms with van der Waals surface area (Å²) in [4.78, 5) is 15.2. The van der Waals surface area contributed by atoms with E-state index in [1.807, 2.05) is 16.2 Å². The Morgan fingerprint density at radius 1 is 1.47 bits per heavy atom. The van der Waals surface area contributed by atoms with Crippen LogP contribution in [0.1, 0.15) is 49.1 Å². The maximum absolute atomic E-state index is 11.7. The predicted octanol–water partition coefficient (Wildman–Crippen LogP) is 2.73. The first-order valence-corrected chi connectivity index (χ1v) is 8.22. The Hall–Kier alpha value is -0.870. The lowest BCUT2D eigenvalue weighted by molar-refractivity contribution is -0.128. The SMILES string of the molecule is CC(CN1CCCC1=O)NC1CCCc2sccc21. The van der Waals surface area contributed by atoms with Crippen molar-refractivity contribution in [1.29, 1.82) is 0 Å². The Bertz CT molecular complexity index is 457. The summed E-state index contributed by atoms with van der Waals surface area (Å²) in [5, 5.41) is 5.93. The molecule has 19 heavy (non-hydrogen) atoms. The molecule has 1 aromatic rings. The highest BCUT2D eigenvalue weighted by atomic mass is 32.1. The Kier molecular flexibility index (Phi) is 3.89. The highest BCUT2D eigenvalue weighted by Crippen LogP contribution is 2.33. The highest BCUT2D eigenvalue weighted by molar-refractivity contribution is 7.10. The summed E-state index contributed by atoms with van der Waals surface area (Å²) in [6, 6.07) is 3.13. The smallest absolute Gasteiger partial charge is 0.222 e. The average Bonchev–Trinajstić information content (AvgIpc) is 3.00. The lowest BCUT2D eigenvalue weighted by Crippen LogP contribution is -2.41. The molecular formula is C15H22N2OS. The maximum atomic E-state index is 11.7. The molecule has 2 atom stereocenters. The fourth-order valence-electron chi connectivity index (χ4n) is 3.28. The monoisotopic (exact) mass is 278 g/mol. The van der Waals surface area contributed by atoms with Gasteiger partial charge in [0.25, 0.3) is 0 Å². The quantitative estimate of drug-likeness (QED) is 0.918. The average molecular weight is 278 g/mol. The summed E-state index contributed by atoms with van der Waals surface area (Å²) in [6.07, 6.45) is 5.52. The van der Waals surface area contributed by atoms with E-state index in [-0.39, 0.29) is 0 Å². The van der Waals surface area contributed by atoms with Crippen LogP contribution < -0.4 is 5.32 Å². The second kappa shape index (κ2) is 5.63. The minimum atomic E-state index is 0.327. The summed E-state index contributed by atoms with van der Waals surface area (Å²) in [6.45, 7) is 4.00. The Balaban J connectivity index is 1.58. The number of carbonyl (C=O) groups is 1. The summed E-state index contributed by atoms with van der Waals surface area (Å²) < 4.78 is 0. The van der Waals surface area contributed by atoms with E-state index in [0.29, 0.717) is 18.0 Å². The van der Waals surface area contributed by atoms with Crippen molar-refractivity contribution >= 4 is 17.2 Å². The Morgan fingerprint density at radius 3 is 3.16 bits per heavy atom. The zero-order valence-electron chi connectivity index (χ0n) is 11.5. The zero-order valence-corrected chi connectivity index (χ0v) is 12.3. The van der Waals surface area contributed by atoms with Crippen LogP contribution in [0.5, 0.6) is 0 Å². The zero-order chi connectivity index (χ0) is 13.2. The van der Waals surface area contributed by atoms with Crippen LogP contribution in [0, 0.1) is 0 Å². The van der Waals surface area contributed by atoms with E-state index >= 15 is 0 Å². The van der Waals surface area contributed by atoms with E-state index in [0.717, 1.165) is 25.9 Å². The third-order valence-electron chi connectivity index (χ3n) is 4.20. The van der Waals surface area contributed by atoms with Crippen LogP contribution in [0.3, 0.4) is 0 Å². The molecular weight excluding hydrogens is 256 g/mol. The van der Waals surface area contributed by atoms with Crippen LogP contribution >= 0.6 is 11.3 Å². The first-order valence-electron chi connectivity index (χ1n) is 7.34. The number of likely N-dealkylation sites (tertiary alicyclic amines) is 1. The number of carbonyl (C=O) groups excluding carboxylic acids is 1. The molecule has 4 heteroatoms. The minimum Gasteiger partial charge on any atom is -0.341 e. The molecule has 2 aliphatic rings. The van der Waals surface area contributed by atoms with Crippen LogP contribution in [0.2, 0.25) is 0 Å². The molecule has 1 fully saturated rings. The second-order valence-corrected chi connectivity index (χ2v) is 6.76. The van der Waals surface area contributed by atoms with Crippen molar-refractivity contribution in [3.05, 3.63) is 21.9 Å². The molecule has 2 heterocycles. The molecule has 0 aromatic carbocycles. The molecule has 0 bridgehead atoms. The molecule has 2 unspecified atom stereocenters. The van der Waals surface area contributed by atoms with Crippen LogP contribution in [-0.4, -0.2) is 29.9 Å². The molecule has 3 nitrogen and oxygen atoms in total. The maximum Gasteiger partial charge on any atom is 0.222 e. The van der Waals surface area contributed by atoms with E-state index in [2.05, 4.69) is 23.7 Å². The van der Waals surface area contributed by atoms with E-state index in [4.69, 9.17) is 0 Å². The molecule has 0 spiro atoms.